The minimum Gasteiger partial charge on any atom is -0.481 e. The fourth-order valence-corrected chi connectivity index (χ4v) is 3.08. The summed E-state index contributed by atoms with van der Waals surface area (Å²) < 4.78 is 26.6. The lowest BCUT2D eigenvalue weighted by atomic mass is 10.2. The zero-order valence-electron chi connectivity index (χ0n) is 10.7. The van der Waals surface area contributed by atoms with Gasteiger partial charge in [0, 0.05) is 0 Å². The Morgan fingerprint density at radius 3 is 1.94 bits per heavy atom. The third-order valence-corrected chi connectivity index (χ3v) is 4.04. The van der Waals surface area contributed by atoms with Gasteiger partial charge in [-0.2, -0.15) is 0 Å². The number of aliphatic carboxylic acids is 1. The van der Waals surface area contributed by atoms with Crippen LogP contribution in [0.15, 0.2) is 0 Å². The predicted octanol–water partition coefficient (Wildman–Crippen LogP) is 1.52. The fraction of sp³-hybridized carbons (Fsp3) is 0.800. The predicted molar refractivity (Wildman–Crippen MR) is 63.5 cm³/mol. The van der Waals surface area contributed by atoms with E-state index in [-0.39, 0.29) is 19.8 Å². The molecule has 7 nitrogen and oxygen atoms in total. The topological polar surface area (TPSA) is 99.1 Å². The SMILES string of the molecule is CCOC(=O)C(CP(=O)(OCC)OCC)C(=O)O. The van der Waals surface area contributed by atoms with Gasteiger partial charge in [0.1, 0.15) is 0 Å². The van der Waals surface area contributed by atoms with E-state index in [4.69, 9.17) is 14.2 Å². The molecule has 0 aromatic carbocycles. The second kappa shape index (κ2) is 8.24. The van der Waals surface area contributed by atoms with Crippen molar-refractivity contribution in [2.24, 2.45) is 5.92 Å². The molecule has 106 valence electrons. The average Bonchev–Trinajstić information content (AvgIpc) is 2.26. The molecule has 18 heavy (non-hydrogen) atoms. The molecule has 0 saturated carbocycles. The van der Waals surface area contributed by atoms with Crippen LogP contribution in [-0.4, -0.2) is 43.0 Å². The second-order valence-electron chi connectivity index (χ2n) is 3.27. The molecule has 0 aromatic heterocycles. The maximum atomic E-state index is 12.1. The molecule has 0 saturated heterocycles. The molecule has 0 fully saturated rings. The molecule has 0 aromatic rings. The summed E-state index contributed by atoms with van der Waals surface area (Å²) in [5.74, 6) is -3.90. The molecule has 0 radical (unpaired) electrons. The van der Waals surface area contributed by atoms with E-state index in [2.05, 4.69) is 4.74 Å². The Kier molecular flexibility index (Phi) is 7.82. The normalized spacial score (nSPS) is 13.1. The summed E-state index contributed by atoms with van der Waals surface area (Å²) in [4.78, 5) is 22.4. The summed E-state index contributed by atoms with van der Waals surface area (Å²) in [5.41, 5.74) is 0. The smallest absolute Gasteiger partial charge is 0.332 e. The number of carboxylic acids is 1. The van der Waals surface area contributed by atoms with Crippen LogP contribution in [0.1, 0.15) is 20.8 Å². The highest BCUT2D eigenvalue weighted by Crippen LogP contribution is 2.49. The van der Waals surface area contributed by atoms with E-state index in [1.165, 1.54) is 0 Å². The number of carbonyl (C=O) groups is 2. The first-order valence-electron chi connectivity index (χ1n) is 5.67. The van der Waals surface area contributed by atoms with Crippen LogP contribution in [0.25, 0.3) is 0 Å². The first-order chi connectivity index (χ1) is 8.40. The second-order valence-corrected chi connectivity index (χ2v) is 5.38. The highest BCUT2D eigenvalue weighted by atomic mass is 31.2. The van der Waals surface area contributed by atoms with Crippen LogP contribution in [0.2, 0.25) is 0 Å². The summed E-state index contributed by atoms with van der Waals surface area (Å²) in [6, 6.07) is 0. The van der Waals surface area contributed by atoms with E-state index < -0.39 is 31.6 Å². The molecule has 8 heteroatoms. The molecule has 0 amide bonds. The Balaban J connectivity index is 4.87. The summed E-state index contributed by atoms with van der Waals surface area (Å²) in [5, 5.41) is 8.94. The largest absolute Gasteiger partial charge is 0.481 e. The molecule has 0 rings (SSSR count). The van der Waals surface area contributed by atoms with Crippen LogP contribution in [0.5, 0.6) is 0 Å². The van der Waals surface area contributed by atoms with Crippen molar-refractivity contribution in [3.8, 4) is 0 Å². The highest BCUT2D eigenvalue weighted by Gasteiger charge is 2.38. The number of carbonyl (C=O) groups excluding carboxylic acids is 1. The van der Waals surface area contributed by atoms with E-state index in [1.807, 2.05) is 0 Å². The Hall–Kier alpha value is -0.910. The maximum absolute atomic E-state index is 12.1. The van der Waals surface area contributed by atoms with Crippen LogP contribution in [0.4, 0.5) is 0 Å². The van der Waals surface area contributed by atoms with Crippen LogP contribution >= 0.6 is 7.60 Å². The van der Waals surface area contributed by atoms with Gasteiger partial charge in [-0.15, -0.1) is 0 Å². The van der Waals surface area contributed by atoms with Gasteiger partial charge in [0.25, 0.3) is 0 Å². The lowest BCUT2D eigenvalue weighted by Gasteiger charge is -2.19. The molecule has 0 aliphatic rings. The Morgan fingerprint density at radius 2 is 1.61 bits per heavy atom. The van der Waals surface area contributed by atoms with Gasteiger partial charge in [-0.1, -0.05) is 0 Å². The van der Waals surface area contributed by atoms with Gasteiger partial charge < -0.3 is 18.9 Å². The van der Waals surface area contributed by atoms with Crippen LogP contribution in [0.3, 0.4) is 0 Å². The number of hydrogen-bond acceptors (Lipinski definition) is 6. The Morgan fingerprint density at radius 1 is 1.11 bits per heavy atom. The van der Waals surface area contributed by atoms with Crippen LogP contribution < -0.4 is 0 Å². The number of hydrogen-bond donors (Lipinski definition) is 1. The molecule has 0 heterocycles. The average molecular weight is 282 g/mol. The molecule has 1 unspecified atom stereocenters. The highest BCUT2D eigenvalue weighted by molar-refractivity contribution is 7.53. The fourth-order valence-electron chi connectivity index (χ4n) is 1.26. The summed E-state index contributed by atoms with van der Waals surface area (Å²) >= 11 is 0. The third-order valence-electron chi connectivity index (χ3n) is 1.93. The summed E-state index contributed by atoms with van der Waals surface area (Å²) in [6.07, 6.45) is -0.525. The molecule has 0 bridgehead atoms. The van der Waals surface area contributed by atoms with E-state index in [0.29, 0.717) is 0 Å². The van der Waals surface area contributed by atoms with Crippen molar-refractivity contribution in [1.29, 1.82) is 0 Å². The van der Waals surface area contributed by atoms with Gasteiger partial charge in [-0.3, -0.25) is 14.2 Å². The minimum atomic E-state index is -3.59. The summed E-state index contributed by atoms with van der Waals surface area (Å²) in [7, 11) is -3.59. The lowest BCUT2D eigenvalue weighted by Crippen LogP contribution is -2.29. The van der Waals surface area contributed by atoms with Gasteiger partial charge in [0.05, 0.1) is 26.0 Å². The van der Waals surface area contributed by atoms with Gasteiger partial charge in [-0.05, 0) is 20.8 Å². The zero-order valence-corrected chi connectivity index (χ0v) is 11.6. The molecular weight excluding hydrogens is 263 g/mol. The third kappa shape index (κ3) is 5.62. The van der Waals surface area contributed by atoms with E-state index in [0.717, 1.165) is 0 Å². The van der Waals surface area contributed by atoms with Crippen molar-refractivity contribution in [2.75, 3.05) is 26.0 Å². The minimum absolute atomic E-state index is 0.0518. The molecule has 0 aliphatic heterocycles. The first-order valence-corrected chi connectivity index (χ1v) is 7.40. The van der Waals surface area contributed by atoms with Crippen LogP contribution in [0, 0.1) is 5.92 Å². The van der Waals surface area contributed by atoms with Crippen molar-refractivity contribution in [2.45, 2.75) is 20.8 Å². The molecule has 1 N–H and O–H groups in total. The van der Waals surface area contributed by atoms with Gasteiger partial charge in [0.15, 0.2) is 5.92 Å². The van der Waals surface area contributed by atoms with E-state index in [1.54, 1.807) is 20.8 Å². The van der Waals surface area contributed by atoms with Crippen molar-refractivity contribution in [3.05, 3.63) is 0 Å². The van der Waals surface area contributed by atoms with E-state index >= 15 is 0 Å². The monoisotopic (exact) mass is 282 g/mol. The Bertz CT molecular complexity index is 318. The molecular formula is C10H19O7P. The van der Waals surface area contributed by atoms with Gasteiger partial charge in [0.2, 0.25) is 0 Å². The number of rotatable bonds is 9. The van der Waals surface area contributed by atoms with E-state index in [9.17, 15) is 14.2 Å². The Labute approximate surface area is 106 Å². The van der Waals surface area contributed by atoms with Gasteiger partial charge in [-0.25, -0.2) is 0 Å². The van der Waals surface area contributed by atoms with Crippen molar-refractivity contribution >= 4 is 19.5 Å². The van der Waals surface area contributed by atoms with Crippen molar-refractivity contribution < 1.29 is 33.0 Å². The number of carboxylic acid groups (broad SMARTS) is 1. The zero-order chi connectivity index (χ0) is 14.2. The molecule has 1 atom stereocenters. The quantitative estimate of drug-likeness (QED) is 0.389. The molecule has 0 spiro atoms. The first kappa shape index (κ1) is 17.1. The number of esters is 1. The molecule has 0 aliphatic carbocycles. The summed E-state index contributed by atoms with van der Waals surface area (Å²) in [6.45, 7) is 5.02. The maximum Gasteiger partial charge on any atom is 0.332 e. The standard InChI is InChI=1S/C10H19O7P/c1-4-15-10(13)8(9(11)12)7-18(14,16-5-2)17-6-3/h8H,4-7H2,1-3H3,(H,11,12). The van der Waals surface area contributed by atoms with Crippen LogP contribution in [-0.2, 0) is 27.9 Å². The van der Waals surface area contributed by atoms with Gasteiger partial charge >= 0.3 is 19.5 Å². The van der Waals surface area contributed by atoms with Crippen molar-refractivity contribution in [3.63, 3.8) is 0 Å². The van der Waals surface area contributed by atoms with Crippen molar-refractivity contribution in [1.82, 2.24) is 0 Å². The number of ether oxygens (including phenoxy) is 1. The lowest BCUT2D eigenvalue weighted by molar-refractivity contribution is -0.157.